The van der Waals surface area contributed by atoms with Gasteiger partial charge in [-0.05, 0) is 71.2 Å². The van der Waals surface area contributed by atoms with Crippen LogP contribution in [0.1, 0.15) is 68.0 Å². The second kappa shape index (κ2) is 10.9. The van der Waals surface area contributed by atoms with Crippen LogP contribution >= 0.6 is 0 Å². The maximum atomic E-state index is 13.6. The number of rotatable bonds is 8. The lowest BCUT2D eigenvalue weighted by atomic mass is 9.89. The van der Waals surface area contributed by atoms with Crippen LogP contribution in [-0.4, -0.2) is 54.0 Å². The van der Waals surface area contributed by atoms with Crippen molar-refractivity contribution in [1.82, 2.24) is 9.47 Å². The van der Waals surface area contributed by atoms with Crippen LogP contribution in [0.15, 0.2) is 47.2 Å². The van der Waals surface area contributed by atoms with Crippen LogP contribution in [-0.2, 0) is 9.53 Å². The molecule has 0 bridgehead atoms. The zero-order valence-electron chi connectivity index (χ0n) is 22.0. The third-order valence-corrected chi connectivity index (χ3v) is 7.83. The van der Waals surface area contributed by atoms with Gasteiger partial charge in [0.1, 0.15) is 5.76 Å². The molecule has 200 valence electrons. The highest BCUT2D eigenvalue weighted by Crippen LogP contribution is 2.37. The minimum absolute atomic E-state index is 0.00529. The van der Waals surface area contributed by atoms with E-state index in [2.05, 4.69) is 11.5 Å². The van der Waals surface area contributed by atoms with Crippen LogP contribution in [0.4, 0.5) is 13.2 Å². The van der Waals surface area contributed by atoms with Crippen molar-refractivity contribution in [3.05, 3.63) is 58.5 Å². The van der Waals surface area contributed by atoms with E-state index in [0.717, 1.165) is 22.2 Å². The molecule has 5 nitrogen and oxygen atoms in total. The molecular weight excluding hydrogens is 481 g/mol. The van der Waals surface area contributed by atoms with E-state index in [0.29, 0.717) is 55.7 Å². The minimum atomic E-state index is -4.18. The fourth-order valence-electron chi connectivity index (χ4n) is 5.99. The van der Waals surface area contributed by atoms with Crippen molar-refractivity contribution in [2.45, 2.75) is 65.1 Å². The molecule has 1 atom stereocenters. The largest absolute Gasteiger partial charge is 0.496 e. The first kappa shape index (κ1) is 27.2. The Labute approximate surface area is 215 Å². The Hall–Kier alpha value is -2.87. The zero-order chi connectivity index (χ0) is 26.9. The summed E-state index contributed by atoms with van der Waals surface area (Å²) in [5.74, 6) is 0.716. The molecule has 8 heteroatoms. The van der Waals surface area contributed by atoms with Gasteiger partial charge in [-0.15, -0.1) is 0 Å². The van der Waals surface area contributed by atoms with Gasteiger partial charge in [0.25, 0.3) is 0 Å². The van der Waals surface area contributed by atoms with Crippen molar-refractivity contribution in [3.8, 4) is 0 Å². The molecule has 0 spiro atoms. The molecule has 0 saturated carbocycles. The van der Waals surface area contributed by atoms with E-state index in [-0.39, 0.29) is 29.9 Å². The van der Waals surface area contributed by atoms with Gasteiger partial charge >= 0.3 is 6.18 Å². The molecule has 1 aromatic carbocycles. The second-order valence-corrected chi connectivity index (χ2v) is 10.4. The number of methoxy groups -OCH3 is 1. The number of piperidine rings is 1. The Morgan fingerprint density at radius 1 is 1.16 bits per heavy atom. The maximum Gasteiger partial charge on any atom is 0.401 e. The number of Topliss-reactive ketones (excluding diaryl/α,β-unsaturated/α-hetero) is 2. The van der Waals surface area contributed by atoms with Gasteiger partial charge in [-0.2, -0.15) is 13.2 Å². The Balaban J connectivity index is 1.56. The maximum absolute atomic E-state index is 13.6. The molecule has 1 fully saturated rings. The molecule has 1 aliphatic carbocycles. The number of carbonyl (C=O) groups is 2. The summed E-state index contributed by atoms with van der Waals surface area (Å²) in [5, 5.41) is 0.873. The molecule has 1 saturated heterocycles. The summed E-state index contributed by atoms with van der Waals surface area (Å²) in [6, 6.07) is 7.83. The first-order valence-electron chi connectivity index (χ1n) is 12.9. The van der Waals surface area contributed by atoms with E-state index >= 15 is 0 Å². The number of allylic oxidation sites excluding steroid dienone is 3. The lowest BCUT2D eigenvalue weighted by Crippen LogP contribution is -2.41. The van der Waals surface area contributed by atoms with Crippen LogP contribution < -0.4 is 0 Å². The number of halogens is 3. The molecule has 0 N–H and O–H groups in total. The quantitative estimate of drug-likeness (QED) is 0.373. The summed E-state index contributed by atoms with van der Waals surface area (Å²) >= 11 is 0. The third-order valence-electron chi connectivity index (χ3n) is 7.83. The van der Waals surface area contributed by atoms with Crippen LogP contribution in [0.5, 0.6) is 0 Å². The summed E-state index contributed by atoms with van der Waals surface area (Å²) in [4.78, 5) is 27.6. The zero-order valence-corrected chi connectivity index (χ0v) is 22.0. The molecule has 0 radical (unpaired) electrons. The number of nitrogens with zero attached hydrogens (tertiary/aromatic N) is 2. The molecule has 4 rings (SSSR count). The smallest absolute Gasteiger partial charge is 0.401 e. The van der Waals surface area contributed by atoms with E-state index in [1.807, 2.05) is 44.2 Å². The van der Waals surface area contributed by atoms with Crippen LogP contribution in [0.2, 0.25) is 0 Å². The molecule has 2 aliphatic rings. The standard InChI is InChI=1S/C29H35F3N2O3/c1-18-15-26(36)23(27(16-18)37-4)9-10-25(35)28-20(3)34(24-8-6-5-7-22(24)28)19(2)21-11-13-33(14-12-21)17-29(30,31)32/h5-8,16,19,21H,9-15,17H2,1-4H3/t19-/m0/s1. The monoisotopic (exact) mass is 516 g/mol. The van der Waals surface area contributed by atoms with Crippen molar-refractivity contribution in [1.29, 1.82) is 0 Å². The van der Waals surface area contributed by atoms with Crippen LogP contribution in [0, 0.1) is 12.8 Å². The average molecular weight is 517 g/mol. The summed E-state index contributed by atoms with van der Waals surface area (Å²) < 4.78 is 46.1. The van der Waals surface area contributed by atoms with E-state index in [4.69, 9.17) is 4.74 Å². The van der Waals surface area contributed by atoms with Crippen molar-refractivity contribution in [2.24, 2.45) is 5.92 Å². The number of aromatic nitrogens is 1. The fraction of sp³-hybridized carbons (Fsp3) is 0.517. The summed E-state index contributed by atoms with van der Waals surface area (Å²) in [7, 11) is 1.53. The first-order chi connectivity index (χ1) is 17.5. The summed E-state index contributed by atoms with van der Waals surface area (Å²) in [5.41, 5.74) is 3.98. The number of hydrogen-bond donors (Lipinski definition) is 0. The van der Waals surface area contributed by atoms with Gasteiger partial charge in [0.15, 0.2) is 11.6 Å². The van der Waals surface area contributed by atoms with Gasteiger partial charge in [0.05, 0.1) is 13.7 Å². The lowest BCUT2D eigenvalue weighted by Gasteiger charge is -2.36. The predicted molar refractivity (Wildman–Crippen MR) is 138 cm³/mol. The molecule has 2 aromatic rings. The van der Waals surface area contributed by atoms with Gasteiger partial charge in [0.2, 0.25) is 0 Å². The normalized spacial score (nSPS) is 18.9. The molecular formula is C29H35F3N2O3. The number of hydrogen-bond acceptors (Lipinski definition) is 4. The molecule has 0 unspecified atom stereocenters. The van der Waals surface area contributed by atoms with Crippen molar-refractivity contribution >= 4 is 22.5 Å². The topological polar surface area (TPSA) is 51.5 Å². The number of ether oxygens (including phenoxy) is 1. The second-order valence-electron chi connectivity index (χ2n) is 10.4. The SMILES string of the molecule is COC1=C(CCC(=O)c2c(C)n([C@@H](C)C3CCN(CC(F)(F)F)CC3)c3ccccc23)C(=O)CC(C)=C1. The molecule has 2 heterocycles. The van der Waals surface area contributed by atoms with Gasteiger partial charge < -0.3 is 9.30 Å². The van der Waals surface area contributed by atoms with E-state index in [1.165, 1.54) is 12.0 Å². The molecule has 37 heavy (non-hydrogen) atoms. The highest BCUT2D eigenvalue weighted by molar-refractivity contribution is 6.10. The van der Waals surface area contributed by atoms with E-state index in [1.54, 1.807) is 0 Å². The predicted octanol–water partition coefficient (Wildman–Crippen LogP) is 6.57. The van der Waals surface area contributed by atoms with Gasteiger partial charge in [0, 0.05) is 46.6 Å². The van der Waals surface area contributed by atoms with E-state index in [9.17, 15) is 22.8 Å². The Morgan fingerprint density at radius 2 is 1.84 bits per heavy atom. The number of para-hydroxylation sites is 1. The summed E-state index contributed by atoms with van der Waals surface area (Å²) in [6.45, 7) is 5.90. The van der Waals surface area contributed by atoms with Gasteiger partial charge in [-0.3, -0.25) is 14.5 Å². The minimum Gasteiger partial charge on any atom is -0.496 e. The molecule has 1 aromatic heterocycles. The number of benzene rings is 1. The van der Waals surface area contributed by atoms with Gasteiger partial charge in [-0.1, -0.05) is 23.8 Å². The average Bonchev–Trinajstić information content (AvgIpc) is 3.13. The lowest BCUT2D eigenvalue weighted by molar-refractivity contribution is -0.149. The molecule has 0 amide bonds. The van der Waals surface area contributed by atoms with Crippen molar-refractivity contribution in [2.75, 3.05) is 26.7 Å². The first-order valence-corrected chi connectivity index (χ1v) is 12.9. The third kappa shape index (κ3) is 5.84. The number of likely N-dealkylation sites (tertiary alicyclic amines) is 1. The van der Waals surface area contributed by atoms with Crippen molar-refractivity contribution in [3.63, 3.8) is 0 Å². The fourth-order valence-corrected chi connectivity index (χ4v) is 5.99. The number of carbonyl (C=O) groups excluding carboxylic acids is 2. The van der Waals surface area contributed by atoms with Crippen LogP contribution in [0.25, 0.3) is 10.9 Å². The van der Waals surface area contributed by atoms with Crippen LogP contribution in [0.3, 0.4) is 0 Å². The Morgan fingerprint density at radius 3 is 2.49 bits per heavy atom. The number of fused-ring (bicyclic) bond motifs is 1. The van der Waals surface area contributed by atoms with Gasteiger partial charge in [-0.25, -0.2) is 0 Å². The Kier molecular flexibility index (Phi) is 7.97. The highest BCUT2D eigenvalue weighted by Gasteiger charge is 2.34. The summed E-state index contributed by atoms with van der Waals surface area (Å²) in [6.07, 6.45) is -0.117. The van der Waals surface area contributed by atoms with Crippen molar-refractivity contribution < 1.29 is 27.5 Å². The van der Waals surface area contributed by atoms with E-state index < -0.39 is 12.7 Å². The number of alkyl halides is 3. The molecule has 1 aliphatic heterocycles. The highest BCUT2D eigenvalue weighted by atomic mass is 19.4. The Bertz CT molecular complexity index is 1250. The number of ketones is 2.